The summed E-state index contributed by atoms with van der Waals surface area (Å²) in [5.41, 5.74) is 1.34. The van der Waals surface area contributed by atoms with Crippen LogP contribution in [0.1, 0.15) is 52.8 Å². The van der Waals surface area contributed by atoms with Crippen LogP contribution >= 0.6 is 11.6 Å². The Morgan fingerprint density at radius 2 is 1.62 bits per heavy atom. The van der Waals surface area contributed by atoms with Gasteiger partial charge in [-0.05, 0) is 61.4 Å². The van der Waals surface area contributed by atoms with E-state index in [1.54, 1.807) is 36.4 Å². The van der Waals surface area contributed by atoms with E-state index in [1.165, 1.54) is 17.0 Å². The van der Waals surface area contributed by atoms with Crippen molar-refractivity contribution in [3.63, 3.8) is 0 Å². The molecule has 1 heterocycles. The molecule has 2 aliphatic rings. The highest BCUT2D eigenvalue weighted by Gasteiger charge is 2.42. The van der Waals surface area contributed by atoms with E-state index in [0.717, 1.165) is 32.1 Å². The van der Waals surface area contributed by atoms with Crippen molar-refractivity contribution in [2.24, 2.45) is 0 Å². The normalized spacial score (nSPS) is 17.0. The maximum absolute atomic E-state index is 12.9. The van der Waals surface area contributed by atoms with E-state index in [4.69, 9.17) is 16.3 Å². The molecule has 8 heteroatoms. The first-order valence-corrected chi connectivity index (χ1v) is 10.8. The number of rotatable bonds is 6. The zero-order chi connectivity index (χ0) is 22.7. The number of aldehydes is 1. The Kier molecular flexibility index (Phi) is 6.37. The molecule has 164 valence electrons. The van der Waals surface area contributed by atoms with Gasteiger partial charge in [0.2, 0.25) is 0 Å². The van der Waals surface area contributed by atoms with E-state index in [0.29, 0.717) is 28.8 Å². The number of benzene rings is 2. The summed E-state index contributed by atoms with van der Waals surface area (Å²) in [6.45, 7) is 0. The second kappa shape index (κ2) is 9.36. The number of carbonyl (C=O) groups excluding carboxylic acids is 4. The summed E-state index contributed by atoms with van der Waals surface area (Å²) in [5, 5.41) is 2.80. The molecule has 1 N–H and O–H groups in total. The quantitative estimate of drug-likeness (QED) is 0.304. The molecule has 7 nitrogen and oxygen atoms in total. The summed E-state index contributed by atoms with van der Waals surface area (Å²) in [7, 11) is 0. The Morgan fingerprint density at radius 3 is 2.25 bits per heavy atom. The Hall–Kier alpha value is -3.45. The van der Waals surface area contributed by atoms with Crippen molar-refractivity contribution in [3.8, 4) is 5.75 Å². The number of amides is 2. The molecule has 4 rings (SSSR count). The molecule has 1 aliphatic carbocycles. The molecule has 0 spiro atoms. The molecule has 0 unspecified atom stereocenters. The highest BCUT2D eigenvalue weighted by atomic mass is 35.5. The van der Waals surface area contributed by atoms with Gasteiger partial charge in [-0.15, -0.1) is 0 Å². The Labute approximate surface area is 190 Å². The molecule has 32 heavy (non-hydrogen) atoms. The van der Waals surface area contributed by atoms with Crippen molar-refractivity contribution < 1.29 is 23.9 Å². The van der Waals surface area contributed by atoms with Gasteiger partial charge in [-0.1, -0.05) is 30.9 Å². The van der Waals surface area contributed by atoms with Gasteiger partial charge in [0.1, 0.15) is 22.8 Å². The second-order valence-electron chi connectivity index (χ2n) is 7.74. The van der Waals surface area contributed by atoms with Crippen LogP contribution in [0, 0.1) is 0 Å². The maximum Gasteiger partial charge on any atom is 0.343 e. The first-order chi connectivity index (χ1) is 15.5. The van der Waals surface area contributed by atoms with Gasteiger partial charge in [0.15, 0.2) is 0 Å². The minimum atomic E-state index is -0.566. The van der Waals surface area contributed by atoms with Gasteiger partial charge in [-0.2, -0.15) is 0 Å². The Balaban J connectivity index is 1.42. The number of halogens is 1. The van der Waals surface area contributed by atoms with Crippen molar-refractivity contribution in [3.05, 3.63) is 70.4 Å². The van der Waals surface area contributed by atoms with E-state index in [2.05, 4.69) is 5.32 Å². The van der Waals surface area contributed by atoms with Gasteiger partial charge < -0.3 is 10.1 Å². The van der Waals surface area contributed by atoms with Crippen molar-refractivity contribution in [2.75, 3.05) is 5.32 Å². The molecular weight excluding hydrogens is 432 g/mol. The minimum absolute atomic E-state index is 0.0489. The van der Waals surface area contributed by atoms with Gasteiger partial charge >= 0.3 is 5.97 Å². The maximum atomic E-state index is 12.9. The van der Waals surface area contributed by atoms with Crippen LogP contribution in [0.4, 0.5) is 5.69 Å². The second-order valence-corrected chi connectivity index (χ2v) is 8.12. The van der Waals surface area contributed by atoms with Crippen LogP contribution in [-0.2, 0) is 9.59 Å². The van der Waals surface area contributed by atoms with Crippen LogP contribution in [0.25, 0.3) is 0 Å². The molecule has 1 saturated carbocycles. The topological polar surface area (TPSA) is 92.8 Å². The van der Waals surface area contributed by atoms with Gasteiger partial charge in [0.25, 0.3) is 11.8 Å². The largest absolute Gasteiger partial charge is 0.423 e. The average Bonchev–Trinajstić information content (AvgIpc) is 3.03. The molecule has 0 atom stereocenters. The SMILES string of the molecule is O=Cc1ccc(OC(=O)c2ccc(NC3=C(Cl)C(=O)N(C4CCCCC4)C3=O)cc2)cc1. The standard InChI is InChI=1S/C24H21ClN2O5/c25-20-21(23(30)27(22(20)29)18-4-2-1-3-5-18)26-17-10-8-16(9-11-17)24(31)32-19-12-6-15(14-28)7-13-19/h6-14,18,26H,1-5H2. The molecule has 0 bridgehead atoms. The number of hydrogen-bond donors (Lipinski definition) is 1. The summed E-state index contributed by atoms with van der Waals surface area (Å²) in [4.78, 5) is 49.7. The van der Waals surface area contributed by atoms with Crippen molar-refractivity contribution in [2.45, 2.75) is 38.1 Å². The lowest BCUT2D eigenvalue weighted by molar-refractivity contribution is -0.140. The van der Waals surface area contributed by atoms with Crippen LogP contribution in [0.15, 0.2) is 59.3 Å². The first-order valence-electron chi connectivity index (χ1n) is 10.4. The molecule has 1 aliphatic heterocycles. The van der Waals surface area contributed by atoms with E-state index >= 15 is 0 Å². The summed E-state index contributed by atoms with van der Waals surface area (Å²) >= 11 is 6.19. The summed E-state index contributed by atoms with van der Waals surface area (Å²) < 4.78 is 5.29. The molecule has 2 amide bonds. The number of ether oxygens (including phenoxy) is 1. The summed E-state index contributed by atoms with van der Waals surface area (Å²) in [6, 6.07) is 12.3. The number of hydrogen-bond acceptors (Lipinski definition) is 6. The Morgan fingerprint density at radius 1 is 0.969 bits per heavy atom. The molecule has 2 aromatic rings. The Bertz CT molecular complexity index is 1090. The predicted molar refractivity (Wildman–Crippen MR) is 118 cm³/mol. The number of nitrogens with one attached hydrogen (secondary N) is 1. The predicted octanol–water partition coefficient (Wildman–Crippen LogP) is 4.28. The molecule has 2 aromatic carbocycles. The van der Waals surface area contributed by atoms with E-state index in [1.807, 2.05) is 0 Å². The zero-order valence-corrected chi connectivity index (χ0v) is 17.9. The third-order valence-electron chi connectivity index (χ3n) is 5.62. The molecule has 0 radical (unpaired) electrons. The highest BCUT2D eigenvalue weighted by molar-refractivity contribution is 6.48. The third-order valence-corrected chi connectivity index (χ3v) is 5.97. The van der Waals surface area contributed by atoms with Crippen LogP contribution < -0.4 is 10.1 Å². The average molecular weight is 453 g/mol. The van der Waals surface area contributed by atoms with Gasteiger partial charge in [-0.25, -0.2) is 4.79 Å². The smallest absolute Gasteiger partial charge is 0.343 e. The van der Waals surface area contributed by atoms with Gasteiger partial charge in [0, 0.05) is 17.3 Å². The molecular formula is C24H21ClN2O5. The fraction of sp³-hybridized carbons (Fsp3) is 0.250. The number of nitrogens with zero attached hydrogens (tertiary/aromatic N) is 1. The summed E-state index contributed by atoms with van der Waals surface area (Å²) in [5.74, 6) is -1.14. The van der Waals surface area contributed by atoms with Crippen LogP contribution in [0.3, 0.4) is 0 Å². The number of carbonyl (C=O) groups is 4. The molecule has 1 fully saturated rings. The van der Waals surface area contributed by atoms with Gasteiger partial charge in [-0.3, -0.25) is 19.3 Å². The molecule has 0 aromatic heterocycles. The number of imide groups is 1. The van der Waals surface area contributed by atoms with Crippen LogP contribution in [0.2, 0.25) is 0 Å². The highest BCUT2D eigenvalue weighted by Crippen LogP contribution is 2.32. The third kappa shape index (κ3) is 4.43. The van der Waals surface area contributed by atoms with Crippen molar-refractivity contribution in [1.29, 1.82) is 0 Å². The lowest BCUT2D eigenvalue weighted by atomic mass is 9.94. The molecule has 0 saturated heterocycles. The lowest BCUT2D eigenvalue weighted by Gasteiger charge is -2.29. The van der Waals surface area contributed by atoms with E-state index in [-0.39, 0.29) is 16.8 Å². The number of esters is 1. The van der Waals surface area contributed by atoms with Crippen molar-refractivity contribution in [1.82, 2.24) is 4.90 Å². The summed E-state index contributed by atoms with van der Waals surface area (Å²) in [6.07, 6.45) is 5.38. The zero-order valence-electron chi connectivity index (χ0n) is 17.2. The van der Waals surface area contributed by atoms with E-state index in [9.17, 15) is 19.2 Å². The fourth-order valence-electron chi connectivity index (χ4n) is 3.91. The van der Waals surface area contributed by atoms with Gasteiger partial charge in [0.05, 0.1) is 5.56 Å². The van der Waals surface area contributed by atoms with Crippen molar-refractivity contribution >= 4 is 41.4 Å². The monoisotopic (exact) mass is 452 g/mol. The minimum Gasteiger partial charge on any atom is -0.423 e. The van der Waals surface area contributed by atoms with E-state index < -0.39 is 17.8 Å². The lowest BCUT2D eigenvalue weighted by Crippen LogP contribution is -2.42. The number of anilines is 1. The fourth-order valence-corrected chi connectivity index (χ4v) is 4.13. The van der Waals surface area contributed by atoms with Crippen LogP contribution in [-0.4, -0.2) is 35.0 Å². The first kappa shape index (κ1) is 21.8. The van der Waals surface area contributed by atoms with Crippen LogP contribution in [0.5, 0.6) is 5.75 Å².